The SMILES string of the molecule is O=Cc1cnc(N2CCN(c3ccc(OC(F)(F)F)cc3)CC2)nc1C(F)(F)F. The van der Waals surface area contributed by atoms with Gasteiger partial charge in [-0.1, -0.05) is 0 Å². The first-order valence-electron chi connectivity index (χ1n) is 8.32. The molecule has 1 saturated heterocycles. The van der Waals surface area contributed by atoms with Gasteiger partial charge in [0.25, 0.3) is 0 Å². The Hall–Kier alpha value is -3.05. The Morgan fingerprint density at radius 1 is 0.931 bits per heavy atom. The molecule has 0 N–H and O–H groups in total. The molecule has 12 heteroatoms. The zero-order valence-electron chi connectivity index (χ0n) is 14.7. The fraction of sp³-hybridized carbons (Fsp3) is 0.353. The minimum absolute atomic E-state index is 0.0523. The molecular formula is C17H14F6N4O2. The third-order valence-electron chi connectivity index (χ3n) is 4.20. The molecule has 1 aliphatic heterocycles. The molecule has 0 radical (unpaired) electrons. The molecule has 3 rings (SSSR count). The van der Waals surface area contributed by atoms with E-state index in [-0.39, 0.29) is 18.0 Å². The Morgan fingerprint density at radius 3 is 2.03 bits per heavy atom. The van der Waals surface area contributed by atoms with Gasteiger partial charge in [-0.2, -0.15) is 13.2 Å². The third-order valence-corrected chi connectivity index (χ3v) is 4.20. The van der Waals surface area contributed by atoms with Crippen molar-refractivity contribution in [1.29, 1.82) is 0 Å². The fourth-order valence-corrected chi connectivity index (χ4v) is 2.87. The summed E-state index contributed by atoms with van der Waals surface area (Å²) in [5.41, 5.74) is -1.28. The van der Waals surface area contributed by atoms with E-state index in [9.17, 15) is 31.1 Å². The number of alkyl halides is 6. The Kier molecular flexibility index (Phi) is 5.53. The van der Waals surface area contributed by atoms with Gasteiger partial charge in [-0.05, 0) is 24.3 Å². The summed E-state index contributed by atoms with van der Waals surface area (Å²) in [6.45, 7) is 1.36. The summed E-state index contributed by atoms with van der Waals surface area (Å²) in [6.07, 6.45) is -8.67. The second-order valence-electron chi connectivity index (χ2n) is 6.11. The number of aldehydes is 1. The van der Waals surface area contributed by atoms with Gasteiger partial charge in [-0.15, -0.1) is 13.2 Å². The lowest BCUT2D eigenvalue weighted by Crippen LogP contribution is -2.47. The average Bonchev–Trinajstić information content (AvgIpc) is 2.66. The maximum Gasteiger partial charge on any atom is 0.573 e. The Bertz CT molecular complexity index is 862. The van der Waals surface area contributed by atoms with Crippen LogP contribution in [0.25, 0.3) is 0 Å². The fourth-order valence-electron chi connectivity index (χ4n) is 2.87. The van der Waals surface area contributed by atoms with Crippen LogP contribution in [0.3, 0.4) is 0 Å². The van der Waals surface area contributed by atoms with Gasteiger partial charge in [0.1, 0.15) is 5.75 Å². The lowest BCUT2D eigenvalue weighted by atomic mass is 10.2. The highest BCUT2D eigenvalue weighted by Crippen LogP contribution is 2.31. The zero-order valence-corrected chi connectivity index (χ0v) is 14.7. The minimum Gasteiger partial charge on any atom is -0.406 e. The van der Waals surface area contributed by atoms with E-state index in [1.54, 1.807) is 4.90 Å². The number of hydrogen-bond donors (Lipinski definition) is 0. The standard InChI is InChI=1S/C17H14F6N4O2/c18-16(19,20)14-11(10-28)9-24-15(25-14)27-7-5-26(6-8-27)12-1-3-13(4-2-12)29-17(21,22)23/h1-4,9-10H,5-8H2. The monoisotopic (exact) mass is 420 g/mol. The van der Waals surface area contributed by atoms with E-state index in [1.807, 2.05) is 4.90 Å². The van der Waals surface area contributed by atoms with Crippen LogP contribution < -0.4 is 14.5 Å². The van der Waals surface area contributed by atoms with Crippen molar-refractivity contribution in [2.75, 3.05) is 36.0 Å². The van der Waals surface area contributed by atoms with Crippen LogP contribution in [0.1, 0.15) is 16.1 Å². The summed E-state index contributed by atoms with van der Waals surface area (Å²) in [4.78, 5) is 21.5. The first-order chi connectivity index (χ1) is 13.6. The number of halogens is 6. The van der Waals surface area contributed by atoms with E-state index >= 15 is 0 Å². The lowest BCUT2D eigenvalue weighted by molar-refractivity contribution is -0.274. The normalized spacial score (nSPS) is 15.4. The van der Waals surface area contributed by atoms with Gasteiger partial charge in [0.15, 0.2) is 12.0 Å². The summed E-state index contributed by atoms with van der Waals surface area (Å²) in [7, 11) is 0. The number of nitrogens with zero attached hydrogens (tertiary/aromatic N) is 4. The van der Waals surface area contributed by atoms with E-state index in [4.69, 9.17) is 0 Å². The van der Waals surface area contributed by atoms with E-state index < -0.39 is 23.8 Å². The quantitative estimate of drug-likeness (QED) is 0.557. The van der Waals surface area contributed by atoms with Gasteiger partial charge < -0.3 is 14.5 Å². The molecular weight excluding hydrogens is 406 g/mol. The number of carbonyl (C=O) groups excluding carboxylic acids is 1. The molecule has 0 saturated carbocycles. The molecule has 2 heterocycles. The maximum absolute atomic E-state index is 13.0. The molecule has 1 aromatic heterocycles. The third kappa shape index (κ3) is 5.06. The summed E-state index contributed by atoms with van der Waals surface area (Å²) in [5.74, 6) is -0.486. The Balaban J connectivity index is 1.67. The average molecular weight is 420 g/mol. The van der Waals surface area contributed by atoms with Gasteiger partial charge >= 0.3 is 12.5 Å². The van der Waals surface area contributed by atoms with Crippen LogP contribution in [-0.2, 0) is 6.18 Å². The second kappa shape index (κ2) is 7.76. The van der Waals surface area contributed by atoms with Crippen LogP contribution in [0.5, 0.6) is 5.75 Å². The summed E-state index contributed by atoms with van der Waals surface area (Å²) in [5, 5.41) is 0. The van der Waals surface area contributed by atoms with Crippen molar-refractivity contribution in [3.8, 4) is 5.75 Å². The summed E-state index contributed by atoms with van der Waals surface area (Å²) in [6, 6.07) is 5.31. The highest BCUT2D eigenvalue weighted by Gasteiger charge is 2.37. The predicted octanol–water partition coefficient (Wildman–Crippen LogP) is 3.53. The first-order valence-corrected chi connectivity index (χ1v) is 8.32. The van der Waals surface area contributed by atoms with Crippen molar-refractivity contribution in [2.24, 2.45) is 0 Å². The lowest BCUT2D eigenvalue weighted by Gasteiger charge is -2.36. The van der Waals surface area contributed by atoms with E-state index in [0.29, 0.717) is 31.9 Å². The topological polar surface area (TPSA) is 58.6 Å². The molecule has 1 aromatic carbocycles. The minimum atomic E-state index is -4.78. The molecule has 6 nitrogen and oxygen atoms in total. The molecule has 0 atom stereocenters. The number of rotatable bonds is 4. The molecule has 156 valence electrons. The van der Waals surface area contributed by atoms with Crippen molar-refractivity contribution >= 4 is 17.9 Å². The molecule has 2 aromatic rings. The molecule has 1 aliphatic rings. The summed E-state index contributed by atoms with van der Waals surface area (Å²) < 4.78 is 79.6. The Morgan fingerprint density at radius 2 is 1.52 bits per heavy atom. The number of carbonyl (C=O) groups is 1. The smallest absolute Gasteiger partial charge is 0.406 e. The van der Waals surface area contributed by atoms with Crippen molar-refractivity contribution in [3.05, 3.63) is 41.7 Å². The van der Waals surface area contributed by atoms with Crippen LogP contribution in [0.15, 0.2) is 30.5 Å². The van der Waals surface area contributed by atoms with Crippen LogP contribution in [0.4, 0.5) is 38.0 Å². The number of ether oxygens (including phenoxy) is 1. The largest absolute Gasteiger partial charge is 0.573 e. The van der Waals surface area contributed by atoms with Crippen LogP contribution in [0, 0.1) is 0 Å². The van der Waals surface area contributed by atoms with Gasteiger partial charge in [0.2, 0.25) is 5.95 Å². The first kappa shape index (κ1) is 20.7. The Labute approximate surface area is 160 Å². The number of benzene rings is 1. The number of anilines is 2. The highest BCUT2D eigenvalue weighted by molar-refractivity contribution is 5.76. The van der Waals surface area contributed by atoms with Crippen LogP contribution in [-0.4, -0.2) is 48.8 Å². The highest BCUT2D eigenvalue weighted by atomic mass is 19.4. The molecule has 0 unspecified atom stereocenters. The van der Waals surface area contributed by atoms with Gasteiger partial charge in [0, 0.05) is 38.1 Å². The van der Waals surface area contributed by atoms with Crippen molar-refractivity contribution in [1.82, 2.24) is 9.97 Å². The molecule has 0 amide bonds. The zero-order chi connectivity index (χ0) is 21.2. The number of piperazine rings is 1. The maximum atomic E-state index is 13.0. The molecule has 1 fully saturated rings. The van der Waals surface area contributed by atoms with Gasteiger partial charge in [-0.3, -0.25) is 4.79 Å². The number of aromatic nitrogens is 2. The molecule has 0 spiro atoms. The predicted molar refractivity (Wildman–Crippen MR) is 90.0 cm³/mol. The van der Waals surface area contributed by atoms with Crippen LogP contribution >= 0.6 is 0 Å². The van der Waals surface area contributed by atoms with Crippen molar-refractivity contribution in [3.63, 3.8) is 0 Å². The molecule has 0 aliphatic carbocycles. The summed E-state index contributed by atoms with van der Waals surface area (Å²) >= 11 is 0. The molecule has 0 bridgehead atoms. The van der Waals surface area contributed by atoms with E-state index in [0.717, 1.165) is 6.20 Å². The van der Waals surface area contributed by atoms with Crippen molar-refractivity contribution in [2.45, 2.75) is 12.5 Å². The van der Waals surface area contributed by atoms with Crippen LogP contribution in [0.2, 0.25) is 0 Å². The number of hydrogen-bond acceptors (Lipinski definition) is 6. The van der Waals surface area contributed by atoms with Gasteiger partial charge in [0.05, 0.1) is 5.56 Å². The van der Waals surface area contributed by atoms with Crippen molar-refractivity contribution < 1.29 is 35.9 Å². The van der Waals surface area contributed by atoms with E-state index in [1.165, 1.54) is 24.3 Å². The van der Waals surface area contributed by atoms with E-state index in [2.05, 4.69) is 14.7 Å². The second-order valence-corrected chi connectivity index (χ2v) is 6.11. The molecule has 29 heavy (non-hydrogen) atoms. The van der Waals surface area contributed by atoms with Gasteiger partial charge in [-0.25, -0.2) is 9.97 Å².